The maximum atomic E-state index is 14.6. The van der Waals surface area contributed by atoms with Gasteiger partial charge < -0.3 is 5.32 Å². The van der Waals surface area contributed by atoms with Crippen molar-refractivity contribution in [3.63, 3.8) is 0 Å². The molecule has 1 aliphatic heterocycles. The molecule has 1 atom stereocenters. The molecule has 1 unspecified atom stereocenters. The van der Waals surface area contributed by atoms with Crippen LogP contribution in [0.1, 0.15) is 18.7 Å². The Kier molecular flexibility index (Phi) is 4.38. The predicted molar refractivity (Wildman–Crippen MR) is 117 cm³/mol. The lowest BCUT2D eigenvalue weighted by Gasteiger charge is -2.21. The Bertz CT molecular complexity index is 1210. The molecule has 0 spiro atoms. The molecular formula is C21H19FN4S2. The Morgan fingerprint density at radius 3 is 2.96 bits per heavy atom. The molecule has 0 amide bonds. The van der Waals surface area contributed by atoms with E-state index in [1.807, 2.05) is 6.07 Å². The second-order valence-electron chi connectivity index (χ2n) is 6.89. The fourth-order valence-electron chi connectivity index (χ4n) is 3.76. The third-order valence-corrected chi connectivity index (χ3v) is 7.24. The molecule has 0 fully saturated rings. The summed E-state index contributed by atoms with van der Waals surface area (Å²) in [6.07, 6.45) is 4.08. The number of aromatic nitrogens is 2. The van der Waals surface area contributed by atoms with Crippen molar-refractivity contribution in [2.45, 2.75) is 19.9 Å². The number of likely N-dealkylation sites (N-methyl/N-ethyl adjacent to an activating group) is 1. The van der Waals surface area contributed by atoms with Crippen LogP contribution in [0.5, 0.6) is 0 Å². The van der Waals surface area contributed by atoms with Crippen molar-refractivity contribution in [1.29, 1.82) is 0 Å². The molecule has 0 aliphatic carbocycles. The fraction of sp³-hybridized carbons (Fsp3) is 0.238. The van der Waals surface area contributed by atoms with Crippen molar-refractivity contribution in [1.82, 2.24) is 14.9 Å². The molecule has 1 aliphatic rings. The number of rotatable bonds is 4. The first-order valence-electron chi connectivity index (χ1n) is 9.27. The van der Waals surface area contributed by atoms with E-state index in [1.54, 1.807) is 29.1 Å². The molecular weight excluding hydrogens is 391 g/mol. The van der Waals surface area contributed by atoms with E-state index < -0.39 is 0 Å². The van der Waals surface area contributed by atoms with Gasteiger partial charge in [-0.2, -0.15) is 0 Å². The summed E-state index contributed by atoms with van der Waals surface area (Å²) >= 11 is 3.13. The molecule has 1 N–H and O–H groups in total. The minimum atomic E-state index is -0.275. The molecule has 4 nitrogen and oxygen atoms in total. The second kappa shape index (κ2) is 6.92. The standard InChI is InChI=1S/C21H19FN4S2/c1-3-26-7-5-13(12(26)2)19-8-14-16(4-6-23-21(14)28-19)25-17-10-18-20(9-15(17)22)27-11-24-18/h4-6,8-12H,3,7H2,1-2H3,(H,23,25). The van der Waals surface area contributed by atoms with Gasteiger partial charge in [-0.15, -0.1) is 22.7 Å². The lowest BCUT2D eigenvalue weighted by atomic mass is 10.1. The van der Waals surface area contributed by atoms with Crippen molar-refractivity contribution in [2.24, 2.45) is 0 Å². The van der Waals surface area contributed by atoms with Crippen molar-refractivity contribution >= 4 is 60.1 Å². The van der Waals surface area contributed by atoms with Gasteiger partial charge in [0.1, 0.15) is 10.6 Å². The zero-order valence-corrected chi connectivity index (χ0v) is 17.2. The Balaban J connectivity index is 1.53. The number of pyridine rings is 1. The Morgan fingerprint density at radius 2 is 2.14 bits per heavy atom. The predicted octanol–water partition coefficient (Wildman–Crippen LogP) is 5.90. The number of hydrogen-bond acceptors (Lipinski definition) is 6. The Morgan fingerprint density at radius 1 is 1.25 bits per heavy atom. The van der Waals surface area contributed by atoms with Crippen LogP contribution in [-0.4, -0.2) is 34.0 Å². The Hall–Kier alpha value is -2.35. The van der Waals surface area contributed by atoms with E-state index in [9.17, 15) is 4.39 Å². The number of nitrogens with zero attached hydrogens (tertiary/aromatic N) is 3. The average molecular weight is 411 g/mol. The van der Waals surface area contributed by atoms with E-state index in [2.05, 4.69) is 46.2 Å². The molecule has 0 saturated heterocycles. The summed E-state index contributed by atoms with van der Waals surface area (Å²) in [5.41, 5.74) is 5.18. The number of anilines is 2. The summed E-state index contributed by atoms with van der Waals surface area (Å²) in [4.78, 5) is 13.5. The van der Waals surface area contributed by atoms with Crippen LogP contribution in [0.2, 0.25) is 0 Å². The lowest BCUT2D eigenvalue weighted by Crippen LogP contribution is -2.28. The van der Waals surface area contributed by atoms with Gasteiger partial charge in [-0.05, 0) is 43.3 Å². The molecule has 4 aromatic rings. The molecule has 0 radical (unpaired) electrons. The van der Waals surface area contributed by atoms with Crippen molar-refractivity contribution in [2.75, 3.05) is 18.4 Å². The molecule has 5 rings (SSSR count). The third kappa shape index (κ3) is 2.90. The fourth-order valence-corrected chi connectivity index (χ4v) is 5.59. The van der Waals surface area contributed by atoms with E-state index in [4.69, 9.17) is 0 Å². The molecule has 1 aromatic carbocycles. The van der Waals surface area contributed by atoms with Crippen LogP contribution in [0.15, 0.2) is 42.0 Å². The summed E-state index contributed by atoms with van der Waals surface area (Å²) in [5, 5.41) is 4.28. The van der Waals surface area contributed by atoms with Gasteiger partial charge >= 0.3 is 0 Å². The van der Waals surface area contributed by atoms with Crippen LogP contribution in [0.3, 0.4) is 0 Å². The van der Waals surface area contributed by atoms with Gasteiger partial charge in [0, 0.05) is 29.0 Å². The van der Waals surface area contributed by atoms with Crippen LogP contribution in [0.4, 0.5) is 15.8 Å². The lowest BCUT2D eigenvalue weighted by molar-refractivity contribution is 0.307. The summed E-state index contributed by atoms with van der Waals surface area (Å²) < 4.78 is 15.4. The topological polar surface area (TPSA) is 41.0 Å². The van der Waals surface area contributed by atoms with Crippen LogP contribution < -0.4 is 5.32 Å². The minimum absolute atomic E-state index is 0.275. The highest BCUT2D eigenvalue weighted by molar-refractivity contribution is 7.19. The molecule has 0 bridgehead atoms. The summed E-state index contributed by atoms with van der Waals surface area (Å²) in [6, 6.07) is 7.78. The minimum Gasteiger partial charge on any atom is -0.352 e. The van der Waals surface area contributed by atoms with Crippen LogP contribution >= 0.6 is 22.7 Å². The van der Waals surface area contributed by atoms with Gasteiger partial charge in [0.05, 0.1) is 27.1 Å². The number of fused-ring (bicyclic) bond motifs is 2. The van der Waals surface area contributed by atoms with Crippen molar-refractivity contribution in [3.8, 4) is 0 Å². The van der Waals surface area contributed by atoms with Crippen molar-refractivity contribution < 1.29 is 4.39 Å². The maximum Gasteiger partial charge on any atom is 0.148 e. The van der Waals surface area contributed by atoms with Crippen LogP contribution in [0, 0.1) is 5.82 Å². The number of thiophene rings is 1. The largest absolute Gasteiger partial charge is 0.352 e. The number of halogens is 1. The van der Waals surface area contributed by atoms with Crippen LogP contribution in [-0.2, 0) is 0 Å². The van der Waals surface area contributed by atoms with Gasteiger partial charge in [0.25, 0.3) is 0 Å². The van der Waals surface area contributed by atoms with E-state index in [0.29, 0.717) is 11.7 Å². The monoisotopic (exact) mass is 410 g/mol. The normalized spacial score (nSPS) is 17.5. The van der Waals surface area contributed by atoms with Gasteiger partial charge in [-0.3, -0.25) is 4.90 Å². The molecule has 4 heterocycles. The highest BCUT2D eigenvalue weighted by Crippen LogP contribution is 2.38. The number of thiazole rings is 1. The quantitative estimate of drug-likeness (QED) is 0.455. The first-order valence-corrected chi connectivity index (χ1v) is 11.0. The molecule has 3 aromatic heterocycles. The summed E-state index contributed by atoms with van der Waals surface area (Å²) in [5.74, 6) is -0.275. The smallest absolute Gasteiger partial charge is 0.148 e. The number of benzene rings is 1. The van der Waals surface area contributed by atoms with Crippen LogP contribution in [0.25, 0.3) is 26.0 Å². The zero-order valence-electron chi connectivity index (χ0n) is 15.6. The SMILES string of the molecule is CCN1CC=C(c2cc3c(Nc4cc5ncsc5cc4F)ccnc3s2)C1C. The molecule has 0 saturated carbocycles. The maximum absolute atomic E-state index is 14.6. The zero-order chi connectivity index (χ0) is 19.3. The van der Waals surface area contributed by atoms with Crippen molar-refractivity contribution in [3.05, 3.63) is 52.7 Å². The first kappa shape index (κ1) is 17.7. The summed E-state index contributed by atoms with van der Waals surface area (Å²) in [7, 11) is 0. The van der Waals surface area contributed by atoms with E-state index in [-0.39, 0.29) is 5.82 Å². The molecule has 7 heteroatoms. The van der Waals surface area contributed by atoms with Gasteiger partial charge in [0.15, 0.2) is 0 Å². The molecule has 142 valence electrons. The van der Waals surface area contributed by atoms with E-state index in [1.165, 1.54) is 27.9 Å². The van der Waals surface area contributed by atoms with Gasteiger partial charge in [-0.25, -0.2) is 14.4 Å². The average Bonchev–Trinajstić information content (AvgIpc) is 3.39. The van der Waals surface area contributed by atoms with Gasteiger partial charge in [0.2, 0.25) is 0 Å². The van der Waals surface area contributed by atoms with E-state index in [0.717, 1.165) is 39.2 Å². The third-order valence-electron chi connectivity index (χ3n) is 5.36. The summed E-state index contributed by atoms with van der Waals surface area (Å²) in [6.45, 7) is 6.46. The number of nitrogens with one attached hydrogen (secondary N) is 1. The molecule has 28 heavy (non-hydrogen) atoms. The number of hydrogen-bond donors (Lipinski definition) is 1. The van der Waals surface area contributed by atoms with E-state index >= 15 is 0 Å². The highest BCUT2D eigenvalue weighted by atomic mass is 32.1. The first-order chi connectivity index (χ1) is 13.6. The second-order valence-corrected chi connectivity index (χ2v) is 8.81. The Labute approximate surface area is 170 Å². The highest BCUT2D eigenvalue weighted by Gasteiger charge is 2.24. The van der Waals surface area contributed by atoms with Gasteiger partial charge in [-0.1, -0.05) is 13.0 Å².